The van der Waals surface area contributed by atoms with Gasteiger partial charge in [0.2, 0.25) is 6.08 Å². The largest absolute Gasteiger partial charge is 0.240 e. The highest BCUT2D eigenvalue weighted by Gasteiger charge is 2.08. The Morgan fingerprint density at radius 1 is 1.11 bits per heavy atom. The zero-order valence-corrected chi connectivity index (χ0v) is 11.1. The summed E-state index contributed by atoms with van der Waals surface area (Å²) in [5.74, 6) is 0. The minimum Gasteiger partial charge on any atom is -0.211 e. The molecule has 0 atom stereocenters. The molecule has 2 rings (SSSR count). The number of carbonyl (C=O) groups excluding carboxylic acids is 1. The van der Waals surface area contributed by atoms with Crippen LogP contribution in [0.1, 0.15) is 11.1 Å². The van der Waals surface area contributed by atoms with Crippen LogP contribution in [-0.2, 0) is 4.79 Å². The minimum atomic E-state index is 0.712. The molecule has 2 aromatic carbocycles. The van der Waals surface area contributed by atoms with Crippen LogP contribution in [-0.4, -0.2) is 6.08 Å². The monoisotopic (exact) mass is 255 g/mol. The number of hydrogen-bond donors (Lipinski definition) is 0. The van der Waals surface area contributed by atoms with E-state index in [1.165, 1.54) is 0 Å². The van der Waals surface area contributed by atoms with Gasteiger partial charge >= 0.3 is 0 Å². The van der Waals surface area contributed by atoms with Crippen molar-refractivity contribution in [1.82, 2.24) is 0 Å². The van der Waals surface area contributed by atoms with Gasteiger partial charge in [0.05, 0.1) is 5.69 Å². The first kappa shape index (κ1) is 12.6. The number of hydrogen-bond acceptors (Lipinski definition) is 3. The van der Waals surface area contributed by atoms with E-state index in [1.807, 2.05) is 56.3 Å². The summed E-state index contributed by atoms with van der Waals surface area (Å²) in [4.78, 5) is 16.4. The van der Waals surface area contributed by atoms with E-state index in [9.17, 15) is 4.79 Å². The molecule has 0 bridgehead atoms. The fourth-order valence-electron chi connectivity index (χ4n) is 1.80. The van der Waals surface area contributed by atoms with Gasteiger partial charge in [-0.25, -0.2) is 4.79 Å². The van der Waals surface area contributed by atoms with Crippen molar-refractivity contribution in [2.45, 2.75) is 23.6 Å². The van der Waals surface area contributed by atoms with Gasteiger partial charge in [-0.3, -0.25) is 0 Å². The van der Waals surface area contributed by atoms with Gasteiger partial charge in [0.25, 0.3) is 0 Å². The van der Waals surface area contributed by atoms with E-state index in [1.54, 1.807) is 17.8 Å². The van der Waals surface area contributed by atoms with Crippen LogP contribution in [0.15, 0.2) is 57.2 Å². The Morgan fingerprint density at radius 3 is 2.50 bits per heavy atom. The molecule has 3 heteroatoms. The van der Waals surface area contributed by atoms with Crippen molar-refractivity contribution < 1.29 is 4.79 Å². The van der Waals surface area contributed by atoms with E-state index in [4.69, 9.17) is 0 Å². The Labute approximate surface area is 111 Å². The molecule has 0 aromatic heterocycles. The predicted molar refractivity (Wildman–Crippen MR) is 74.3 cm³/mol. The maximum Gasteiger partial charge on any atom is 0.240 e. The van der Waals surface area contributed by atoms with Crippen LogP contribution in [0.3, 0.4) is 0 Å². The van der Waals surface area contributed by atoms with Crippen LogP contribution < -0.4 is 0 Å². The van der Waals surface area contributed by atoms with Crippen molar-refractivity contribution in [3.05, 3.63) is 53.6 Å². The van der Waals surface area contributed by atoms with E-state index >= 15 is 0 Å². The van der Waals surface area contributed by atoms with E-state index in [0.29, 0.717) is 5.69 Å². The first-order chi connectivity index (χ1) is 8.70. The van der Waals surface area contributed by atoms with Gasteiger partial charge in [0.15, 0.2) is 0 Å². The number of rotatable bonds is 3. The molecule has 0 spiro atoms. The molecule has 90 valence electrons. The number of nitrogens with zero attached hydrogens (tertiary/aromatic N) is 1. The molecule has 0 fully saturated rings. The van der Waals surface area contributed by atoms with Crippen molar-refractivity contribution in [1.29, 1.82) is 0 Å². The van der Waals surface area contributed by atoms with Gasteiger partial charge < -0.3 is 0 Å². The zero-order valence-electron chi connectivity index (χ0n) is 10.3. The lowest BCUT2D eigenvalue weighted by molar-refractivity contribution is 0.565. The minimum absolute atomic E-state index is 0.712. The molecule has 0 radical (unpaired) electrons. The van der Waals surface area contributed by atoms with Crippen LogP contribution in [0, 0.1) is 13.8 Å². The predicted octanol–water partition coefficient (Wildman–Crippen LogP) is 4.42. The zero-order chi connectivity index (χ0) is 13.0. The van der Waals surface area contributed by atoms with E-state index in [2.05, 4.69) is 4.99 Å². The summed E-state index contributed by atoms with van der Waals surface area (Å²) in [6.45, 7) is 3.99. The van der Waals surface area contributed by atoms with Gasteiger partial charge in [-0.2, -0.15) is 4.99 Å². The highest BCUT2D eigenvalue weighted by atomic mass is 32.2. The average molecular weight is 255 g/mol. The standard InChI is InChI=1S/C15H13NOS/c1-11-8-12(2)15(16-10-17)14(9-11)18-13-6-4-3-5-7-13/h3-9H,1-2H3. The molecule has 0 heterocycles. The highest BCUT2D eigenvalue weighted by Crippen LogP contribution is 2.37. The third-order valence-electron chi connectivity index (χ3n) is 2.54. The Morgan fingerprint density at radius 2 is 1.83 bits per heavy atom. The summed E-state index contributed by atoms with van der Waals surface area (Å²) < 4.78 is 0. The molecule has 0 saturated carbocycles. The third kappa shape index (κ3) is 2.89. The van der Waals surface area contributed by atoms with Crippen LogP contribution in [0.5, 0.6) is 0 Å². The van der Waals surface area contributed by atoms with Crippen molar-refractivity contribution in [3.63, 3.8) is 0 Å². The molecule has 18 heavy (non-hydrogen) atoms. The number of aliphatic imine (C=N–C) groups is 1. The van der Waals surface area contributed by atoms with Crippen molar-refractivity contribution in [2.24, 2.45) is 4.99 Å². The van der Waals surface area contributed by atoms with Crippen LogP contribution in [0.25, 0.3) is 0 Å². The lowest BCUT2D eigenvalue weighted by atomic mass is 10.1. The summed E-state index contributed by atoms with van der Waals surface area (Å²) in [5.41, 5.74) is 2.87. The fourth-order valence-corrected chi connectivity index (χ4v) is 2.90. The van der Waals surface area contributed by atoms with Gasteiger partial charge in [0.1, 0.15) is 0 Å². The molecular weight excluding hydrogens is 242 g/mol. The molecule has 0 aliphatic carbocycles. The second kappa shape index (κ2) is 5.67. The fraction of sp³-hybridized carbons (Fsp3) is 0.133. The first-order valence-electron chi connectivity index (χ1n) is 5.62. The molecule has 2 aromatic rings. The molecular formula is C15H13NOS. The summed E-state index contributed by atoms with van der Waals surface area (Å²) >= 11 is 1.61. The second-order valence-electron chi connectivity index (χ2n) is 4.05. The average Bonchev–Trinajstić information content (AvgIpc) is 2.35. The molecule has 0 aliphatic heterocycles. The maximum atomic E-state index is 10.5. The lowest BCUT2D eigenvalue weighted by Gasteiger charge is -2.08. The normalized spacial score (nSPS) is 9.89. The van der Waals surface area contributed by atoms with Gasteiger partial charge in [-0.1, -0.05) is 36.0 Å². The van der Waals surface area contributed by atoms with Crippen LogP contribution >= 0.6 is 11.8 Å². The number of isocyanates is 1. The summed E-state index contributed by atoms with van der Waals surface area (Å²) in [6, 6.07) is 14.1. The second-order valence-corrected chi connectivity index (χ2v) is 5.16. The summed E-state index contributed by atoms with van der Waals surface area (Å²) in [7, 11) is 0. The Balaban J connectivity index is 2.46. The van der Waals surface area contributed by atoms with Gasteiger partial charge in [-0.05, 0) is 43.2 Å². The van der Waals surface area contributed by atoms with Gasteiger partial charge in [0, 0.05) is 9.79 Å². The van der Waals surface area contributed by atoms with E-state index < -0.39 is 0 Å². The van der Waals surface area contributed by atoms with Crippen molar-refractivity contribution in [2.75, 3.05) is 0 Å². The molecule has 0 aliphatic rings. The van der Waals surface area contributed by atoms with E-state index in [-0.39, 0.29) is 0 Å². The molecule has 0 saturated heterocycles. The summed E-state index contributed by atoms with van der Waals surface area (Å²) in [5, 5.41) is 0. The first-order valence-corrected chi connectivity index (χ1v) is 6.44. The Hall–Kier alpha value is -1.83. The van der Waals surface area contributed by atoms with Crippen LogP contribution in [0.4, 0.5) is 5.69 Å². The molecule has 0 unspecified atom stereocenters. The maximum absolute atomic E-state index is 10.5. The quantitative estimate of drug-likeness (QED) is 0.600. The molecule has 0 amide bonds. The lowest BCUT2D eigenvalue weighted by Crippen LogP contribution is -1.83. The Bertz CT molecular complexity index is 601. The molecule has 2 nitrogen and oxygen atoms in total. The van der Waals surface area contributed by atoms with Gasteiger partial charge in [-0.15, -0.1) is 0 Å². The third-order valence-corrected chi connectivity index (χ3v) is 3.58. The molecule has 0 N–H and O–H groups in total. The SMILES string of the molecule is Cc1cc(C)c(N=C=O)c(Sc2ccccc2)c1. The smallest absolute Gasteiger partial charge is 0.211 e. The van der Waals surface area contributed by atoms with Crippen LogP contribution in [0.2, 0.25) is 0 Å². The van der Waals surface area contributed by atoms with Crippen molar-refractivity contribution >= 4 is 23.5 Å². The highest BCUT2D eigenvalue weighted by molar-refractivity contribution is 7.99. The number of aryl methyl sites for hydroxylation is 2. The van der Waals surface area contributed by atoms with E-state index in [0.717, 1.165) is 20.9 Å². The summed E-state index contributed by atoms with van der Waals surface area (Å²) in [6.07, 6.45) is 1.63. The van der Waals surface area contributed by atoms with Crippen molar-refractivity contribution in [3.8, 4) is 0 Å². The number of benzene rings is 2. The topological polar surface area (TPSA) is 29.4 Å². The Kier molecular flexibility index (Phi) is 3.98.